The predicted molar refractivity (Wildman–Crippen MR) is 79.1 cm³/mol. The largest absolute Gasteiger partial charge is 0.491 e. The standard InChI is InChI=1S/C15H19N3O3/c1-10(2)21-13-7-3-11(4-8-13)9-16-18-15(20)14(19)17-12-5-6-12/h3-4,7-10,12H,5-6H2,1-2H3,(H,17,19)(H,18,20)/b16-9-. The summed E-state index contributed by atoms with van der Waals surface area (Å²) in [5, 5.41) is 6.34. The van der Waals surface area contributed by atoms with Gasteiger partial charge in [0.1, 0.15) is 5.75 Å². The number of carbonyl (C=O) groups excluding carboxylic acids is 2. The lowest BCUT2D eigenvalue weighted by Crippen LogP contribution is -2.38. The Labute approximate surface area is 123 Å². The van der Waals surface area contributed by atoms with Crippen LogP contribution in [-0.2, 0) is 9.59 Å². The maximum absolute atomic E-state index is 11.4. The van der Waals surface area contributed by atoms with Gasteiger partial charge >= 0.3 is 11.8 Å². The molecule has 1 aromatic carbocycles. The van der Waals surface area contributed by atoms with E-state index in [1.807, 2.05) is 38.1 Å². The number of amides is 2. The molecule has 1 aliphatic carbocycles. The molecule has 2 N–H and O–H groups in total. The number of nitrogens with one attached hydrogen (secondary N) is 2. The Morgan fingerprint density at radius 2 is 1.90 bits per heavy atom. The van der Waals surface area contributed by atoms with E-state index >= 15 is 0 Å². The van der Waals surface area contributed by atoms with Crippen molar-refractivity contribution in [3.05, 3.63) is 29.8 Å². The first kappa shape index (κ1) is 15.0. The fourth-order valence-corrected chi connectivity index (χ4v) is 1.60. The summed E-state index contributed by atoms with van der Waals surface area (Å²) in [6.07, 6.45) is 3.47. The summed E-state index contributed by atoms with van der Waals surface area (Å²) in [4.78, 5) is 22.8. The molecule has 0 aliphatic heterocycles. The summed E-state index contributed by atoms with van der Waals surface area (Å²) in [6, 6.07) is 7.43. The Hall–Kier alpha value is -2.37. The molecular weight excluding hydrogens is 270 g/mol. The average Bonchev–Trinajstić information content (AvgIpc) is 3.24. The van der Waals surface area contributed by atoms with Crippen molar-refractivity contribution >= 4 is 18.0 Å². The molecule has 1 aliphatic rings. The van der Waals surface area contributed by atoms with Crippen LogP contribution in [0.25, 0.3) is 0 Å². The van der Waals surface area contributed by atoms with Crippen LogP contribution in [0.2, 0.25) is 0 Å². The zero-order valence-electron chi connectivity index (χ0n) is 12.1. The number of rotatable bonds is 5. The van der Waals surface area contributed by atoms with E-state index in [1.165, 1.54) is 6.21 Å². The molecule has 2 amide bonds. The van der Waals surface area contributed by atoms with Gasteiger partial charge in [0.15, 0.2) is 0 Å². The molecule has 0 aromatic heterocycles. The Morgan fingerprint density at radius 3 is 2.48 bits per heavy atom. The maximum atomic E-state index is 11.4. The molecule has 0 atom stereocenters. The van der Waals surface area contributed by atoms with Crippen molar-refractivity contribution in [2.24, 2.45) is 5.10 Å². The van der Waals surface area contributed by atoms with Crippen molar-refractivity contribution in [3.63, 3.8) is 0 Å². The Kier molecular flexibility index (Phi) is 4.92. The van der Waals surface area contributed by atoms with E-state index in [0.717, 1.165) is 24.2 Å². The van der Waals surface area contributed by atoms with Gasteiger partial charge in [-0.2, -0.15) is 5.10 Å². The number of hydrogen-bond donors (Lipinski definition) is 2. The molecule has 6 nitrogen and oxygen atoms in total. The lowest BCUT2D eigenvalue weighted by molar-refractivity contribution is -0.139. The molecule has 2 rings (SSSR count). The smallest absolute Gasteiger partial charge is 0.329 e. The Bertz CT molecular complexity index is 534. The monoisotopic (exact) mass is 289 g/mol. The van der Waals surface area contributed by atoms with Crippen molar-refractivity contribution in [1.29, 1.82) is 0 Å². The van der Waals surface area contributed by atoms with Gasteiger partial charge in [0.2, 0.25) is 0 Å². The number of nitrogens with zero attached hydrogens (tertiary/aromatic N) is 1. The molecule has 21 heavy (non-hydrogen) atoms. The highest BCUT2D eigenvalue weighted by Gasteiger charge is 2.26. The van der Waals surface area contributed by atoms with Gasteiger partial charge in [-0.1, -0.05) is 0 Å². The third-order valence-electron chi connectivity index (χ3n) is 2.75. The van der Waals surface area contributed by atoms with Crippen LogP contribution in [0.15, 0.2) is 29.4 Å². The quantitative estimate of drug-likeness (QED) is 0.485. The van der Waals surface area contributed by atoms with Crippen molar-refractivity contribution in [1.82, 2.24) is 10.7 Å². The van der Waals surface area contributed by atoms with E-state index in [4.69, 9.17) is 4.74 Å². The van der Waals surface area contributed by atoms with Gasteiger partial charge in [-0.3, -0.25) is 9.59 Å². The summed E-state index contributed by atoms with van der Waals surface area (Å²) in [5.41, 5.74) is 3.00. The molecule has 0 bridgehead atoms. The number of carbonyl (C=O) groups is 2. The SMILES string of the molecule is CC(C)Oc1ccc(/C=N\NC(=O)C(=O)NC2CC2)cc1. The van der Waals surface area contributed by atoms with Crippen LogP contribution < -0.4 is 15.5 Å². The first-order valence-electron chi connectivity index (χ1n) is 6.95. The minimum absolute atomic E-state index is 0.119. The molecule has 1 saturated carbocycles. The van der Waals surface area contributed by atoms with Crippen LogP contribution in [0.5, 0.6) is 5.75 Å². The number of hydrazone groups is 1. The van der Waals surface area contributed by atoms with Crippen molar-refractivity contribution in [2.45, 2.75) is 38.8 Å². The summed E-state index contributed by atoms with van der Waals surface area (Å²) in [6.45, 7) is 3.91. The first-order valence-corrected chi connectivity index (χ1v) is 6.95. The second kappa shape index (κ2) is 6.88. The van der Waals surface area contributed by atoms with Gasteiger partial charge in [-0.25, -0.2) is 5.43 Å². The van der Waals surface area contributed by atoms with Gasteiger partial charge < -0.3 is 10.1 Å². The second-order valence-electron chi connectivity index (χ2n) is 5.18. The topological polar surface area (TPSA) is 79.8 Å². The van der Waals surface area contributed by atoms with Crippen LogP contribution >= 0.6 is 0 Å². The lowest BCUT2D eigenvalue weighted by atomic mass is 10.2. The van der Waals surface area contributed by atoms with Crippen LogP contribution in [0.1, 0.15) is 32.3 Å². The summed E-state index contributed by atoms with van der Waals surface area (Å²) >= 11 is 0. The average molecular weight is 289 g/mol. The van der Waals surface area contributed by atoms with Crippen LogP contribution in [-0.4, -0.2) is 30.2 Å². The molecular formula is C15H19N3O3. The summed E-state index contributed by atoms with van der Waals surface area (Å²) < 4.78 is 5.52. The van der Waals surface area contributed by atoms with E-state index in [-0.39, 0.29) is 12.1 Å². The molecule has 0 spiro atoms. The van der Waals surface area contributed by atoms with Crippen molar-refractivity contribution in [3.8, 4) is 5.75 Å². The summed E-state index contributed by atoms with van der Waals surface area (Å²) in [7, 11) is 0. The normalized spacial score (nSPS) is 14.2. The molecule has 1 fully saturated rings. The molecule has 6 heteroatoms. The molecule has 1 aromatic rings. The maximum Gasteiger partial charge on any atom is 0.329 e. The van der Waals surface area contributed by atoms with Crippen molar-refractivity contribution < 1.29 is 14.3 Å². The zero-order valence-corrected chi connectivity index (χ0v) is 12.1. The fourth-order valence-electron chi connectivity index (χ4n) is 1.60. The molecule has 0 saturated heterocycles. The number of ether oxygens (including phenoxy) is 1. The fraction of sp³-hybridized carbons (Fsp3) is 0.400. The van der Waals surface area contributed by atoms with Crippen LogP contribution in [0.4, 0.5) is 0 Å². The first-order chi connectivity index (χ1) is 10.0. The molecule has 0 heterocycles. The van der Waals surface area contributed by atoms with E-state index in [0.29, 0.717) is 0 Å². The molecule has 0 unspecified atom stereocenters. The zero-order chi connectivity index (χ0) is 15.2. The van der Waals surface area contributed by atoms with Gasteiger partial charge in [0.05, 0.1) is 12.3 Å². The second-order valence-corrected chi connectivity index (χ2v) is 5.18. The minimum Gasteiger partial charge on any atom is -0.491 e. The van der Waals surface area contributed by atoms with Gasteiger partial charge in [0.25, 0.3) is 0 Å². The Morgan fingerprint density at radius 1 is 1.24 bits per heavy atom. The summed E-state index contributed by atoms with van der Waals surface area (Å²) in [5.74, 6) is -0.622. The minimum atomic E-state index is -0.752. The third kappa shape index (κ3) is 5.25. The molecule has 0 radical (unpaired) electrons. The third-order valence-corrected chi connectivity index (χ3v) is 2.75. The highest BCUT2D eigenvalue weighted by Crippen LogP contribution is 2.18. The highest BCUT2D eigenvalue weighted by atomic mass is 16.5. The van der Waals surface area contributed by atoms with Crippen LogP contribution in [0, 0.1) is 0 Å². The lowest BCUT2D eigenvalue weighted by Gasteiger charge is -2.09. The highest BCUT2D eigenvalue weighted by molar-refractivity contribution is 6.35. The Balaban J connectivity index is 1.80. The van der Waals surface area contributed by atoms with Gasteiger partial charge in [-0.15, -0.1) is 0 Å². The van der Waals surface area contributed by atoms with Gasteiger partial charge in [-0.05, 0) is 56.5 Å². The van der Waals surface area contributed by atoms with Crippen LogP contribution in [0.3, 0.4) is 0 Å². The predicted octanol–water partition coefficient (Wildman–Crippen LogP) is 1.20. The van der Waals surface area contributed by atoms with Crippen molar-refractivity contribution in [2.75, 3.05) is 0 Å². The van der Waals surface area contributed by atoms with E-state index in [1.54, 1.807) is 0 Å². The number of hydrogen-bond acceptors (Lipinski definition) is 4. The van der Waals surface area contributed by atoms with E-state index in [2.05, 4.69) is 15.8 Å². The molecule has 112 valence electrons. The number of benzene rings is 1. The van der Waals surface area contributed by atoms with Gasteiger partial charge in [0, 0.05) is 6.04 Å². The van der Waals surface area contributed by atoms with E-state index < -0.39 is 11.8 Å². The van der Waals surface area contributed by atoms with E-state index in [9.17, 15) is 9.59 Å².